The van der Waals surface area contributed by atoms with E-state index < -0.39 is 46.5 Å². The van der Waals surface area contributed by atoms with Crippen LogP contribution in [0, 0.1) is 125 Å². The van der Waals surface area contributed by atoms with Gasteiger partial charge in [-0.3, -0.25) is 0 Å². The Balaban J connectivity index is 0.000000190. The molecule has 10 aromatic rings. The molecule has 12 heteroatoms. The van der Waals surface area contributed by atoms with Crippen molar-refractivity contribution in [2.24, 2.45) is 11.8 Å². The largest absolute Gasteiger partial charge is 0.491 e. The lowest BCUT2D eigenvalue weighted by Gasteiger charge is -2.29. The standard InChI is InChI=1S/C27H32F2O.C25H28F2O.C21H22F2O.C19H18F2O.C17H16/c1-3-5-6-7-20-8-13-22(14-9-20)23-15-10-21(11-16-23)12-17-24-18-19-25(30-4-2)27(29)26(24)28;1-3-5-18-6-11-20(12-7-18)21-13-8-19(9-14-21)10-15-22-16-17-23(28-4-2)25(27)24(22)26;1-3-5-6-7-16-8-10-17(11-9-16)12-13-18-14-15-19(24-4-2)21(23)20(18)22;1-3-5-14-6-8-15(9-7-14)10-11-16-12-13-17(22-4-2)19(21)18(16)20;1-3-15-8-10-17(11-9-15)13-12-16-6-4-14(2)5-7-16/h10-11,15-16,18-20,22H,3-9,13-14H2,1-2H3;8-9,13-14,16-18,20H,3-7,11-12H2,1-2H3;8-11,14-15H,3-7H2,1-2H3;6-9,12-13H,3-5H2,1-2H3;4-11H,3H2,1-2H3. The summed E-state index contributed by atoms with van der Waals surface area (Å²) in [6.45, 7) is 21.1. The molecule has 121 heavy (non-hydrogen) atoms. The Morgan fingerprint density at radius 3 is 0.835 bits per heavy atom. The van der Waals surface area contributed by atoms with Gasteiger partial charge in [-0.15, -0.1) is 0 Å². The van der Waals surface area contributed by atoms with Crippen LogP contribution in [0.15, 0.2) is 194 Å². The van der Waals surface area contributed by atoms with Gasteiger partial charge in [-0.2, -0.15) is 17.6 Å². The van der Waals surface area contributed by atoms with Gasteiger partial charge in [0.2, 0.25) is 23.3 Å². The molecule has 12 rings (SSSR count). The van der Waals surface area contributed by atoms with Gasteiger partial charge in [0.1, 0.15) is 0 Å². The van der Waals surface area contributed by atoms with Crippen molar-refractivity contribution in [2.75, 3.05) is 26.4 Å². The molecule has 2 fully saturated rings. The predicted molar refractivity (Wildman–Crippen MR) is 478 cm³/mol. The van der Waals surface area contributed by atoms with E-state index in [1.54, 1.807) is 27.7 Å². The lowest BCUT2D eigenvalue weighted by Crippen LogP contribution is -2.13. The minimum Gasteiger partial charge on any atom is -0.491 e. The monoisotopic (exact) mass is 1640 g/mol. The summed E-state index contributed by atoms with van der Waals surface area (Å²) < 4.78 is 132. The number of halogens is 8. The lowest BCUT2D eigenvalue weighted by atomic mass is 9.77. The Morgan fingerprint density at radius 2 is 0.537 bits per heavy atom. The number of rotatable bonds is 23. The molecular formula is C109H116F8O4. The fourth-order valence-electron chi connectivity index (χ4n) is 14.5. The van der Waals surface area contributed by atoms with E-state index in [-0.39, 0.29) is 71.7 Å². The molecule has 0 aliphatic heterocycles. The Labute approximate surface area is 716 Å². The highest BCUT2D eigenvalue weighted by Gasteiger charge is 2.24. The summed E-state index contributed by atoms with van der Waals surface area (Å²) in [6, 6.07) is 60.3. The second kappa shape index (κ2) is 52.0. The molecule has 2 aliphatic rings. The molecule has 0 spiro atoms. The molecule has 2 saturated carbocycles. The van der Waals surface area contributed by atoms with Crippen LogP contribution in [0.5, 0.6) is 23.0 Å². The molecule has 0 unspecified atom stereocenters. The normalized spacial score (nSPS) is 14.2. The molecule has 0 aromatic heterocycles. The average molecular weight is 1640 g/mol. The molecule has 632 valence electrons. The smallest absolute Gasteiger partial charge is 0.201 e. The van der Waals surface area contributed by atoms with Crippen molar-refractivity contribution in [1.82, 2.24) is 0 Å². The molecule has 0 bridgehead atoms. The summed E-state index contributed by atoms with van der Waals surface area (Å²) in [5.74, 6) is 23.7. The first-order chi connectivity index (χ1) is 58.8. The van der Waals surface area contributed by atoms with Crippen molar-refractivity contribution in [2.45, 2.75) is 216 Å². The Bertz CT molecular complexity index is 5170. The number of benzene rings is 10. The maximum Gasteiger partial charge on any atom is 0.201 e. The van der Waals surface area contributed by atoms with Gasteiger partial charge in [-0.1, -0.05) is 230 Å². The van der Waals surface area contributed by atoms with Crippen LogP contribution in [0.25, 0.3) is 0 Å². The molecule has 0 N–H and O–H groups in total. The van der Waals surface area contributed by atoms with Gasteiger partial charge in [-0.05, 0) is 284 Å². The first kappa shape index (κ1) is 95.1. The molecule has 0 atom stereocenters. The van der Waals surface area contributed by atoms with E-state index in [1.807, 2.05) is 72.8 Å². The number of ether oxygens (including phenoxy) is 4. The van der Waals surface area contributed by atoms with E-state index in [0.717, 1.165) is 70.9 Å². The summed E-state index contributed by atoms with van der Waals surface area (Å²) in [7, 11) is 0. The summed E-state index contributed by atoms with van der Waals surface area (Å²) >= 11 is 0. The van der Waals surface area contributed by atoms with Crippen LogP contribution >= 0.6 is 0 Å². The quantitative estimate of drug-likeness (QED) is 0.0363. The Kier molecular flexibility index (Phi) is 40.8. The van der Waals surface area contributed by atoms with E-state index in [0.29, 0.717) is 11.8 Å². The number of unbranched alkanes of at least 4 members (excludes halogenated alkanes) is 4. The second-order valence-corrected chi connectivity index (χ2v) is 30.4. The van der Waals surface area contributed by atoms with Gasteiger partial charge in [0.15, 0.2) is 46.3 Å². The molecule has 0 heterocycles. The van der Waals surface area contributed by atoms with Crippen LogP contribution in [0.1, 0.15) is 279 Å². The van der Waals surface area contributed by atoms with Gasteiger partial charge in [0, 0.05) is 33.4 Å². The third-order valence-corrected chi connectivity index (χ3v) is 21.4. The van der Waals surface area contributed by atoms with Crippen LogP contribution in [0.4, 0.5) is 35.1 Å². The maximum atomic E-state index is 14.2. The van der Waals surface area contributed by atoms with E-state index in [2.05, 4.69) is 174 Å². The summed E-state index contributed by atoms with van der Waals surface area (Å²) in [5.41, 5.74) is 13.3. The fourth-order valence-corrected chi connectivity index (χ4v) is 14.5. The summed E-state index contributed by atoms with van der Waals surface area (Å²) in [6.07, 6.45) is 26.2. The van der Waals surface area contributed by atoms with Crippen molar-refractivity contribution >= 4 is 0 Å². The third-order valence-electron chi connectivity index (χ3n) is 21.4. The van der Waals surface area contributed by atoms with Crippen LogP contribution in [0.2, 0.25) is 0 Å². The summed E-state index contributed by atoms with van der Waals surface area (Å²) in [4.78, 5) is 0. The van der Waals surface area contributed by atoms with Gasteiger partial charge in [-0.25, -0.2) is 17.6 Å². The van der Waals surface area contributed by atoms with E-state index >= 15 is 0 Å². The van der Waals surface area contributed by atoms with Crippen LogP contribution in [-0.2, 0) is 19.3 Å². The SMILES string of the molecule is CCCC1CCC(c2ccc(C#Cc3ccc(OCC)c(F)c3F)cc2)CC1.CCCCCC1CCC(c2ccc(C#Cc3ccc(OCC)c(F)c3F)cc2)CC1.CCCCCc1ccc(C#Cc2ccc(OCC)c(F)c2F)cc1.CCCc1ccc(C#Cc2ccc(OCC)c(F)c2F)cc1.CCc1ccc(C#Cc2ccc(C)cc2)cc1. The van der Waals surface area contributed by atoms with Crippen molar-refractivity contribution in [3.63, 3.8) is 0 Å². The Hall–Kier alpha value is -11.4. The van der Waals surface area contributed by atoms with Crippen molar-refractivity contribution in [3.8, 4) is 82.2 Å². The Morgan fingerprint density at radius 1 is 0.256 bits per heavy atom. The molecule has 0 saturated heterocycles. The van der Waals surface area contributed by atoms with E-state index in [9.17, 15) is 35.1 Å². The van der Waals surface area contributed by atoms with Crippen molar-refractivity contribution in [3.05, 3.63) is 330 Å². The zero-order chi connectivity index (χ0) is 86.7. The number of aryl methyl sites for hydroxylation is 4. The van der Waals surface area contributed by atoms with Crippen LogP contribution in [-0.4, -0.2) is 26.4 Å². The highest BCUT2D eigenvalue weighted by molar-refractivity contribution is 5.52. The first-order valence-corrected chi connectivity index (χ1v) is 43.4. The zero-order valence-electron chi connectivity index (χ0n) is 72.1. The van der Waals surface area contributed by atoms with Gasteiger partial charge >= 0.3 is 0 Å². The van der Waals surface area contributed by atoms with Gasteiger partial charge in [0.25, 0.3) is 0 Å². The maximum absolute atomic E-state index is 14.2. The highest BCUT2D eigenvalue weighted by Crippen LogP contribution is 2.40. The van der Waals surface area contributed by atoms with E-state index in [4.69, 9.17) is 18.9 Å². The molecule has 0 amide bonds. The fraction of sp³-hybridized carbons (Fsp3) is 0.358. The topological polar surface area (TPSA) is 36.9 Å². The highest BCUT2D eigenvalue weighted by atomic mass is 19.2. The van der Waals surface area contributed by atoms with Gasteiger partial charge < -0.3 is 18.9 Å². The molecule has 0 radical (unpaired) electrons. The lowest BCUT2D eigenvalue weighted by molar-refractivity contribution is 0.303. The minimum absolute atomic E-state index is 0.0265. The average Bonchev–Trinajstić information content (AvgIpc) is 0.867. The minimum atomic E-state index is -0.994. The molecule has 2 aliphatic carbocycles. The first-order valence-electron chi connectivity index (χ1n) is 43.4. The van der Waals surface area contributed by atoms with Crippen LogP contribution < -0.4 is 18.9 Å². The zero-order valence-corrected chi connectivity index (χ0v) is 72.1. The predicted octanol–water partition coefficient (Wildman–Crippen LogP) is 28.6. The number of hydrogen-bond acceptors (Lipinski definition) is 4. The van der Waals surface area contributed by atoms with Crippen LogP contribution in [0.3, 0.4) is 0 Å². The molecule has 10 aromatic carbocycles. The molecular weight excluding hydrogens is 1530 g/mol. The van der Waals surface area contributed by atoms with Crippen molar-refractivity contribution in [1.29, 1.82) is 0 Å². The number of hydrogen-bond donors (Lipinski definition) is 0. The van der Waals surface area contributed by atoms with E-state index in [1.165, 1.54) is 191 Å². The van der Waals surface area contributed by atoms with Crippen molar-refractivity contribution < 1.29 is 54.1 Å². The summed E-state index contributed by atoms with van der Waals surface area (Å²) in [5, 5.41) is 0. The molecule has 4 nitrogen and oxygen atoms in total. The third kappa shape index (κ3) is 31.0. The van der Waals surface area contributed by atoms with Gasteiger partial charge in [0.05, 0.1) is 48.7 Å². The second-order valence-electron chi connectivity index (χ2n) is 30.4.